The van der Waals surface area contributed by atoms with E-state index >= 15 is 0 Å². The van der Waals surface area contributed by atoms with Crippen molar-refractivity contribution in [1.29, 1.82) is 0 Å². The van der Waals surface area contributed by atoms with Crippen LogP contribution in [-0.4, -0.2) is 24.5 Å². The van der Waals surface area contributed by atoms with Crippen molar-refractivity contribution in [2.24, 2.45) is 11.8 Å². The quantitative estimate of drug-likeness (QED) is 0.820. The molecule has 1 saturated heterocycles. The molecular weight excluding hydrogens is 352 g/mol. The second kappa shape index (κ2) is 7.35. The molecule has 0 radical (unpaired) electrons. The number of amides is 1. The van der Waals surface area contributed by atoms with Crippen molar-refractivity contribution in [3.63, 3.8) is 0 Å². The summed E-state index contributed by atoms with van der Waals surface area (Å²) in [5, 5.41) is 6.74. The molecule has 2 fully saturated rings. The first-order chi connectivity index (χ1) is 11.1. The molecule has 2 aliphatic rings. The molecule has 3 nitrogen and oxygen atoms in total. The van der Waals surface area contributed by atoms with Crippen molar-refractivity contribution >= 4 is 21.8 Å². The monoisotopic (exact) mass is 378 g/mol. The molecule has 0 bridgehead atoms. The topological polar surface area (TPSA) is 41.1 Å². The molecule has 1 aromatic carbocycles. The summed E-state index contributed by atoms with van der Waals surface area (Å²) in [5.41, 5.74) is 1.27. The lowest BCUT2D eigenvalue weighted by Crippen LogP contribution is -2.56. The van der Waals surface area contributed by atoms with Gasteiger partial charge in [0.15, 0.2) is 0 Å². The van der Waals surface area contributed by atoms with E-state index in [1.165, 1.54) is 24.8 Å². The smallest absolute Gasteiger partial charge is 0.223 e. The fourth-order valence-electron chi connectivity index (χ4n) is 3.82. The van der Waals surface area contributed by atoms with Gasteiger partial charge in [0.1, 0.15) is 0 Å². The fraction of sp³-hybridized carbons (Fsp3) is 0.632. The van der Waals surface area contributed by atoms with Gasteiger partial charge in [0.2, 0.25) is 5.91 Å². The van der Waals surface area contributed by atoms with Gasteiger partial charge < -0.3 is 10.6 Å². The Labute approximate surface area is 147 Å². The van der Waals surface area contributed by atoms with E-state index in [4.69, 9.17) is 0 Å². The van der Waals surface area contributed by atoms with Gasteiger partial charge in [0.05, 0.1) is 0 Å². The van der Waals surface area contributed by atoms with E-state index in [-0.39, 0.29) is 17.4 Å². The highest BCUT2D eigenvalue weighted by Crippen LogP contribution is 2.32. The highest BCUT2D eigenvalue weighted by molar-refractivity contribution is 9.10. The summed E-state index contributed by atoms with van der Waals surface area (Å²) in [6.07, 6.45) is 6.88. The van der Waals surface area contributed by atoms with E-state index in [2.05, 4.69) is 57.8 Å². The van der Waals surface area contributed by atoms with E-state index in [1.807, 2.05) is 0 Å². The van der Waals surface area contributed by atoms with Crippen molar-refractivity contribution in [2.45, 2.75) is 51.0 Å². The molecule has 1 heterocycles. The lowest BCUT2D eigenvalue weighted by Gasteiger charge is -2.41. The van der Waals surface area contributed by atoms with Crippen LogP contribution in [0.4, 0.5) is 0 Å². The average Bonchev–Trinajstić information content (AvgIpc) is 2.48. The number of rotatable bonds is 5. The predicted octanol–water partition coefficient (Wildman–Crippen LogP) is 3.67. The van der Waals surface area contributed by atoms with Crippen LogP contribution in [-0.2, 0) is 11.2 Å². The third kappa shape index (κ3) is 4.16. The summed E-state index contributed by atoms with van der Waals surface area (Å²) in [6.45, 7) is 4.04. The lowest BCUT2D eigenvalue weighted by atomic mass is 9.76. The van der Waals surface area contributed by atoms with E-state index in [1.54, 1.807) is 0 Å². The van der Waals surface area contributed by atoms with Crippen LogP contribution < -0.4 is 10.6 Å². The molecule has 1 aliphatic heterocycles. The van der Waals surface area contributed by atoms with Crippen LogP contribution in [0.2, 0.25) is 0 Å². The first kappa shape index (κ1) is 17.0. The summed E-state index contributed by atoms with van der Waals surface area (Å²) < 4.78 is 1.11. The van der Waals surface area contributed by atoms with E-state index in [9.17, 15) is 4.79 Å². The number of carbonyl (C=O) groups excluding carboxylic acids is 1. The van der Waals surface area contributed by atoms with Gasteiger partial charge in [0.25, 0.3) is 0 Å². The SMILES string of the molecule is CC(C(=O)NC1(Cc2ccc(Br)cc2)CCCCC1)C1CNC1. The highest BCUT2D eigenvalue weighted by atomic mass is 79.9. The number of hydrogen-bond acceptors (Lipinski definition) is 2. The summed E-state index contributed by atoms with van der Waals surface area (Å²) in [4.78, 5) is 12.7. The zero-order chi connectivity index (χ0) is 16.3. The minimum Gasteiger partial charge on any atom is -0.350 e. The Balaban J connectivity index is 1.70. The van der Waals surface area contributed by atoms with E-state index in [0.29, 0.717) is 5.92 Å². The maximum absolute atomic E-state index is 12.7. The molecule has 0 aromatic heterocycles. The van der Waals surface area contributed by atoms with Gasteiger partial charge in [-0.15, -0.1) is 0 Å². The van der Waals surface area contributed by atoms with Crippen molar-refractivity contribution in [3.05, 3.63) is 34.3 Å². The Morgan fingerprint density at radius 2 is 1.91 bits per heavy atom. The van der Waals surface area contributed by atoms with Crippen LogP contribution in [0.25, 0.3) is 0 Å². The third-order valence-electron chi connectivity index (χ3n) is 5.59. The normalized spacial score (nSPS) is 22.2. The van der Waals surface area contributed by atoms with E-state index < -0.39 is 0 Å². The second-order valence-corrected chi connectivity index (χ2v) is 8.26. The maximum atomic E-state index is 12.7. The van der Waals surface area contributed by atoms with Gasteiger partial charge >= 0.3 is 0 Å². The zero-order valence-electron chi connectivity index (χ0n) is 13.9. The number of hydrogen-bond donors (Lipinski definition) is 2. The van der Waals surface area contributed by atoms with Crippen LogP contribution in [0.1, 0.15) is 44.6 Å². The molecule has 23 heavy (non-hydrogen) atoms. The Morgan fingerprint density at radius 3 is 2.48 bits per heavy atom. The van der Waals surface area contributed by atoms with E-state index in [0.717, 1.165) is 36.8 Å². The van der Waals surface area contributed by atoms with Gasteiger partial charge in [-0.3, -0.25) is 4.79 Å². The Hall–Kier alpha value is -0.870. The minimum absolute atomic E-state index is 0.0470. The van der Waals surface area contributed by atoms with Gasteiger partial charge in [-0.25, -0.2) is 0 Å². The molecule has 4 heteroatoms. The molecule has 1 amide bonds. The summed E-state index contributed by atoms with van der Waals surface area (Å²) in [5.74, 6) is 0.860. The number of benzene rings is 1. The van der Waals surface area contributed by atoms with Crippen molar-refractivity contribution in [2.75, 3.05) is 13.1 Å². The van der Waals surface area contributed by atoms with Crippen LogP contribution in [0.5, 0.6) is 0 Å². The van der Waals surface area contributed by atoms with Crippen LogP contribution in [0, 0.1) is 11.8 Å². The molecule has 2 N–H and O–H groups in total. The molecule has 1 atom stereocenters. The molecule has 3 rings (SSSR count). The molecule has 1 unspecified atom stereocenters. The van der Waals surface area contributed by atoms with Crippen molar-refractivity contribution in [1.82, 2.24) is 10.6 Å². The molecule has 1 aromatic rings. The Morgan fingerprint density at radius 1 is 1.26 bits per heavy atom. The minimum atomic E-state index is -0.0470. The maximum Gasteiger partial charge on any atom is 0.223 e. The van der Waals surface area contributed by atoms with Crippen LogP contribution in [0.15, 0.2) is 28.7 Å². The predicted molar refractivity (Wildman–Crippen MR) is 97.3 cm³/mol. The number of halogens is 1. The summed E-state index contributed by atoms with van der Waals surface area (Å²) >= 11 is 3.50. The van der Waals surface area contributed by atoms with Gasteiger partial charge in [-0.05, 0) is 56.0 Å². The molecule has 126 valence electrons. The first-order valence-electron chi connectivity index (χ1n) is 8.85. The number of nitrogens with one attached hydrogen (secondary N) is 2. The standard InChI is InChI=1S/C19H27BrN2O/c1-14(16-12-21-13-16)18(23)22-19(9-3-2-4-10-19)11-15-5-7-17(20)8-6-15/h5-8,14,16,21H,2-4,9-13H2,1H3,(H,22,23). The zero-order valence-corrected chi connectivity index (χ0v) is 15.5. The van der Waals surface area contributed by atoms with Gasteiger partial charge in [-0.1, -0.05) is 54.2 Å². The third-order valence-corrected chi connectivity index (χ3v) is 6.12. The largest absolute Gasteiger partial charge is 0.350 e. The fourth-order valence-corrected chi connectivity index (χ4v) is 4.09. The van der Waals surface area contributed by atoms with Crippen molar-refractivity contribution < 1.29 is 4.79 Å². The highest BCUT2D eigenvalue weighted by Gasteiger charge is 2.37. The molecule has 1 saturated carbocycles. The first-order valence-corrected chi connectivity index (χ1v) is 9.64. The van der Waals surface area contributed by atoms with Crippen molar-refractivity contribution in [3.8, 4) is 0 Å². The molecular formula is C19H27BrN2O. The lowest BCUT2D eigenvalue weighted by molar-refractivity contribution is -0.129. The summed E-state index contributed by atoms with van der Waals surface area (Å²) in [6, 6.07) is 8.53. The van der Waals surface area contributed by atoms with Crippen LogP contribution in [0.3, 0.4) is 0 Å². The Kier molecular flexibility index (Phi) is 5.42. The van der Waals surface area contributed by atoms with Crippen LogP contribution >= 0.6 is 15.9 Å². The molecule has 1 aliphatic carbocycles. The average molecular weight is 379 g/mol. The van der Waals surface area contributed by atoms with Gasteiger partial charge in [-0.2, -0.15) is 0 Å². The molecule has 0 spiro atoms. The Bertz CT molecular complexity index is 533. The summed E-state index contributed by atoms with van der Waals surface area (Å²) in [7, 11) is 0. The second-order valence-electron chi connectivity index (χ2n) is 7.34. The van der Waals surface area contributed by atoms with Gasteiger partial charge in [0, 0.05) is 15.9 Å². The number of carbonyl (C=O) groups is 1.